The first-order valence-corrected chi connectivity index (χ1v) is 9.49. The van der Waals surface area contributed by atoms with E-state index in [2.05, 4.69) is 48.2 Å². The van der Waals surface area contributed by atoms with Crippen LogP contribution in [0.15, 0.2) is 24.3 Å². The van der Waals surface area contributed by atoms with Gasteiger partial charge in [0.05, 0.1) is 6.26 Å². The highest BCUT2D eigenvalue weighted by Gasteiger charge is 2.43. The van der Waals surface area contributed by atoms with Gasteiger partial charge in [0.25, 0.3) is 0 Å². The molecule has 0 spiro atoms. The molecule has 2 N–H and O–H groups in total. The fraction of sp³-hybridized carbons (Fsp3) is 0.562. The number of carbonyl (C=O) groups excluding carboxylic acids is 1. The number of hydrogen-bond donors (Lipinski definition) is 2. The molecular formula is C16H24N2O3S. The van der Waals surface area contributed by atoms with E-state index in [0.717, 1.165) is 12.7 Å². The average molecular weight is 324 g/mol. The first-order valence-electron chi connectivity index (χ1n) is 7.60. The highest BCUT2D eigenvalue weighted by molar-refractivity contribution is 7.88. The summed E-state index contributed by atoms with van der Waals surface area (Å²) >= 11 is 0. The maximum atomic E-state index is 12.0. The minimum Gasteiger partial charge on any atom is -0.355 e. The molecule has 122 valence electrons. The van der Waals surface area contributed by atoms with E-state index in [1.165, 1.54) is 11.1 Å². The molecule has 6 heteroatoms. The molecule has 5 nitrogen and oxygen atoms in total. The van der Waals surface area contributed by atoms with Crippen LogP contribution in [0.4, 0.5) is 0 Å². The number of rotatable bonds is 7. The monoisotopic (exact) mass is 324 g/mol. The maximum absolute atomic E-state index is 12.0. The van der Waals surface area contributed by atoms with Gasteiger partial charge in [-0.2, -0.15) is 0 Å². The summed E-state index contributed by atoms with van der Waals surface area (Å²) in [5.41, 5.74) is 2.51. The van der Waals surface area contributed by atoms with Crippen LogP contribution in [-0.2, 0) is 14.8 Å². The van der Waals surface area contributed by atoms with Crippen molar-refractivity contribution in [2.24, 2.45) is 5.92 Å². The van der Waals surface area contributed by atoms with Crippen molar-refractivity contribution in [3.63, 3.8) is 0 Å². The molecule has 1 aromatic rings. The molecule has 0 aliphatic heterocycles. The number of sulfonamides is 1. The fourth-order valence-corrected chi connectivity index (χ4v) is 3.01. The van der Waals surface area contributed by atoms with Crippen LogP contribution >= 0.6 is 0 Å². The van der Waals surface area contributed by atoms with E-state index >= 15 is 0 Å². The maximum Gasteiger partial charge on any atom is 0.223 e. The van der Waals surface area contributed by atoms with Gasteiger partial charge in [-0.3, -0.25) is 4.79 Å². The average Bonchev–Trinajstić information content (AvgIpc) is 3.23. The topological polar surface area (TPSA) is 75.3 Å². The third-order valence-corrected chi connectivity index (χ3v) is 4.68. The standard InChI is InChI=1S/C16H24N2O3S/c1-11(2)12-4-6-13(7-5-12)14-10-15(14)16(19)17-8-9-18-22(3,20)21/h4-7,11,14-15,18H,8-10H2,1-3H3,(H,17,19). The van der Waals surface area contributed by atoms with E-state index < -0.39 is 10.0 Å². The molecular weight excluding hydrogens is 300 g/mol. The summed E-state index contributed by atoms with van der Waals surface area (Å²) < 4.78 is 24.2. The molecule has 2 atom stereocenters. The molecule has 22 heavy (non-hydrogen) atoms. The summed E-state index contributed by atoms with van der Waals surface area (Å²) in [6.07, 6.45) is 1.97. The van der Waals surface area contributed by atoms with Crippen molar-refractivity contribution < 1.29 is 13.2 Å². The molecule has 0 heterocycles. The first-order chi connectivity index (χ1) is 10.3. The van der Waals surface area contributed by atoms with Crippen molar-refractivity contribution in [2.45, 2.75) is 32.1 Å². The van der Waals surface area contributed by atoms with Crippen LogP contribution in [-0.4, -0.2) is 33.7 Å². The van der Waals surface area contributed by atoms with E-state index in [1.807, 2.05) is 0 Å². The van der Waals surface area contributed by atoms with Gasteiger partial charge in [-0.05, 0) is 29.4 Å². The fourth-order valence-electron chi connectivity index (χ4n) is 2.53. The minimum atomic E-state index is -3.19. The lowest BCUT2D eigenvalue weighted by Gasteiger charge is -2.07. The lowest BCUT2D eigenvalue weighted by Crippen LogP contribution is -2.35. The highest BCUT2D eigenvalue weighted by atomic mass is 32.2. The molecule has 2 rings (SSSR count). The molecule has 1 aliphatic carbocycles. The number of benzene rings is 1. The molecule has 1 aromatic carbocycles. The van der Waals surface area contributed by atoms with Crippen molar-refractivity contribution in [2.75, 3.05) is 19.3 Å². The predicted octanol–water partition coefficient (Wildman–Crippen LogP) is 1.58. The van der Waals surface area contributed by atoms with E-state index in [-0.39, 0.29) is 18.4 Å². The summed E-state index contributed by atoms with van der Waals surface area (Å²) in [6.45, 7) is 4.87. The predicted molar refractivity (Wildman–Crippen MR) is 87.2 cm³/mol. The van der Waals surface area contributed by atoms with Crippen molar-refractivity contribution in [3.05, 3.63) is 35.4 Å². The number of hydrogen-bond acceptors (Lipinski definition) is 3. The van der Waals surface area contributed by atoms with Crippen molar-refractivity contribution in [1.29, 1.82) is 0 Å². The van der Waals surface area contributed by atoms with Gasteiger partial charge in [-0.25, -0.2) is 13.1 Å². The lowest BCUT2D eigenvalue weighted by atomic mass is 10.00. The van der Waals surface area contributed by atoms with Crippen LogP contribution in [0.25, 0.3) is 0 Å². The summed E-state index contributed by atoms with van der Waals surface area (Å²) in [5.74, 6) is 0.829. The lowest BCUT2D eigenvalue weighted by molar-refractivity contribution is -0.122. The Hall–Kier alpha value is -1.40. The Balaban J connectivity index is 1.78. The Morgan fingerprint density at radius 1 is 1.23 bits per heavy atom. The van der Waals surface area contributed by atoms with Crippen LogP contribution in [0, 0.1) is 5.92 Å². The van der Waals surface area contributed by atoms with Crippen LogP contribution in [0.5, 0.6) is 0 Å². The van der Waals surface area contributed by atoms with Gasteiger partial charge < -0.3 is 5.32 Å². The summed E-state index contributed by atoms with van der Waals surface area (Å²) in [7, 11) is -3.19. The Morgan fingerprint density at radius 3 is 2.41 bits per heavy atom. The van der Waals surface area contributed by atoms with Crippen LogP contribution in [0.2, 0.25) is 0 Å². The molecule has 0 bridgehead atoms. The van der Waals surface area contributed by atoms with Crippen LogP contribution in [0.1, 0.15) is 43.2 Å². The second-order valence-electron chi connectivity index (χ2n) is 6.23. The Labute approximate surface area is 132 Å². The Kier molecular flexibility index (Phi) is 5.24. The number of carbonyl (C=O) groups is 1. The minimum absolute atomic E-state index is 0.00763. The number of amides is 1. The van der Waals surface area contributed by atoms with Crippen molar-refractivity contribution in [3.8, 4) is 0 Å². The molecule has 2 unspecified atom stereocenters. The highest BCUT2D eigenvalue weighted by Crippen LogP contribution is 2.47. The van der Waals surface area contributed by atoms with E-state index in [0.29, 0.717) is 18.4 Å². The second kappa shape index (κ2) is 6.79. The smallest absolute Gasteiger partial charge is 0.223 e. The van der Waals surface area contributed by atoms with Crippen LogP contribution in [0.3, 0.4) is 0 Å². The zero-order valence-electron chi connectivity index (χ0n) is 13.3. The summed E-state index contributed by atoms with van der Waals surface area (Å²) in [4.78, 5) is 12.0. The zero-order valence-corrected chi connectivity index (χ0v) is 14.1. The SMILES string of the molecule is CC(C)c1ccc(C2CC2C(=O)NCCNS(C)(=O)=O)cc1. The molecule has 1 saturated carbocycles. The van der Waals surface area contributed by atoms with Gasteiger partial charge in [0, 0.05) is 19.0 Å². The Bertz CT molecular complexity index is 623. The van der Waals surface area contributed by atoms with Gasteiger partial charge >= 0.3 is 0 Å². The van der Waals surface area contributed by atoms with Crippen molar-refractivity contribution >= 4 is 15.9 Å². The molecule has 0 saturated heterocycles. The van der Waals surface area contributed by atoms with E-state index in [4.69, 9.17) is 0 Å². The summed E-state index contributed by atoms with van der Waals surface area (Å²) in [6, 6.07) is 8.48. The van der Waals surface area contributed by atoms with Gasteiger partial charge in [0.1, 0.15) is 0 Å². The quantitative estimate of drug-likeness (QED) is 0.748. The van der Waals surface area contributed by atoms with E-state index in [1.54, 1.807) is 0 Å². The Morgan fingerprint density at radius 2 is 1.86 bits per heavy atom. The zero-order chi connectivity index (χ0) is 16.3. The molecule has 1 fully saturated rings. The van der Waals surface area contributed by atoms with Gasteiger partial charge in [0.2, 0.25) is 15.9 Å². The summed E-state index contributed by atoms with van der Waals surface area (Å²) in [5, 5.41) is 2.78. The van der Waals surface area contributed by atoms with E-state index in [9.17, 15) is 13.2 Å². The third-order valence-electron chi connectivity index (χ3n) is 3.95. The molecule has 0 radical (unpaired) electrons. The molecule has 0 aromatic heterocycles. The molecule has 1 aliphatic rings. The van der Waals surface area contributed by atoms with Crippen LogP contribution < -0.4 is 10.0 Å². The largest absolute Gasteiger partial charge is 0.355 e. The normalized spacial score (nSPS) is 20.9. The first kappa shape index (κ1) is 17.0. The van der Waals surface area contributed by atoms with Crippen molar-refractivity contribution in [1.82, 2.24) is 10.0 Å². The molecule has 1 amide bonds. The van der Waals surface area contributed by atoms with Gasteiger partial charge in [-0.15, -0.1) is 0 Å². The van der Waals surface area contributed by atoms with Gasteiger partial charge in [-0.1, -0.05) is 38.1 Å². The third kappa shape index (κ3) is 4.81. The second-order valence-corrected chi connectivity index (χ2v) is 8.06. The van der Waals surface area contributed by atoms with Gasteiger partial charge in [0.15, 0.2) is 0 Å². The number of nitrogens with one attached hydrogen (secondary N) is 2.